The Bertz CT molecular complexity index is 891. The molecule has 0 atom stereocenters. The zero-order valence-corrected chi connectivity index (χ0v) is 13.1. The fourth-order valence-corrected chi connectivity index (χ4v) is 2.25. The number of rotatable bonds is 5. The second kappa shape index (κ2) is 6.97. The Kier molecular flexibility index (Phi) is 4.58. The molecule has 0 amide bonds. The summed E-state index contributed by atoms with van der Waals surface area (Å²) < 4.78 is 5.63. The minimum atomic E-state index is -0.527. The van der Waals surface area contributed by atoms with E-state index in [0.717, 1.165) is 5.69 Å². The predicted octanol–water partition coefficient (Wildman–Crippen LogP) is 4.95. The van der Waals surface area contributed by atoms with Crippen LogP contribution in [0.4, 0.5) is 11.4 Å². The smallest absolute Gasteiger partial charge is 0.288 e. The molecule has 0 saturated carbocycles. The van der Waals surface area contributed by atoms with Gasteiger partial charge < -0.3 is 4.42 Å². The fourth-order valence-electron chi connectivity index (χ4n) is 2.07. The third-order valence-corrected chi connectivity index (χ3v) is 3.53. The van der Waals surface area contributed by atoms with Gasteiger partial charge in [0.2, 0.25) is 0 Å². The van der Waals surface area contributed by atoms with E-state index in [2.05, 4.69) is 10.5 Å². The molecule has 0 fully saturated rings. The molecule has 0 aliphatic carbocycles. The Morgan fingerprint density at radius 1 is 1.12 bits per heavy atom. The molecule has 3 rings (SSSR count). The molecule has 0 bridgehead atoms. The van der Waals surface area contributed by atoms with Gasteiger partial charge in [-0.1, -0.05) is 29.8 Å². The highest BCUT2D eigenvalue weighted by Gasteiger charge is 2.15. The molecule has 0 spiro atoms. The van der Waals surface area contributed by atoms with Crippen molar-refractivity contribution in [1.29, 1.82) is 0 Å². The summed E-state index contributed by atoms with van der Waals surface area (Å²) in [4.78, 5) is 10.4. The Balaban J connectivity index is 1.76. The topological polar surface area (TPSA) is 80.7 Å². The van der Waals surface area contributed by atoms with Gasteiger partial charge in [0.15, 0.2) is 0 Å². The van der Waals surface area contributed by atoms with Crippen LogP contribution < -0.4 is 5.43 Å². The number of anilines is 1. The van der Waals surface area contributed by atoms with Gasteiger partial charge in [-0.05, 0) is 36.4 Å². The molecule has 0 radical (unpaired) electrons. The molecular formula is C17H12ClN3O3. The number of furan rings is 1. The van der Waals surface area contributed by atoms with Gasteiger partial charge in [0.1, 0.15) is 16.5 Å². The summed E-state index contributed by atoms with van der Waals surface area (Å²) in [6.45, 7) is 0. The van der Waals surface area contributed by atoms with E-state index >= 15 is 0 Å². The van der Waals surface area contributed by atoms with E-state index in [-0.39, 0.29) is 10.7 Å². The van der Waals surface area contributed by atoms with Crippen molar-refractivity contribution in [2.24, 2.45) is 5.10 Å². The first kappa shape index (κ1) is 15.8. The van der Waals surface area contributed by atoms with Crippen LogP contribution in [-0.4, -0.2) is 11.1 Å². The van der Waals surface area contributed by atoms with Gasteiger partial charge in [0, 0.05) is 11.6 Å². The lowest BCUT2D eigenvalue weighted by molar-refractivity contribution is -0.384. The molecule has 1 aromatic heterocycles. The highest BCUT2D eigenvalue weighted by atomic mass is 35.5. The summed E-state index contributed by atoms with van der Waals surface area (Å²) in [5.74, 6) is 1.02. The zero-order valence-electron chi connectivity index (χ0n) is 12.3. The largest absolute Gasteiger partial charge is 0.455 e. The first-order valence-electron chi connectivity index (χ1n) is 7.02. The normalized spacial score (nSPS) is 10.9. The lowest BCUT2D eigenvalue weighted by Gasteiger charge is -1.99. The second-order valence-electron chi connectivity index (χ2n) is 4.86. The number of nitrogens with zero attached hydrogens (tertiary/aromatic N) is 2. The lowest BCUT2D eigenvalue weighted by Crippen LogP contribution is -1.89. The Morgan fingerprint density at radius 3 is 2.67 bits per heavy atom. The average molecular weight is 342 g/mol. The predicted molar refractivity (Wildman–Crippen MR) is 93.5 cm³/mol. The third-order valence-electron chi connectivity index (χ3n) is 3.21. The summed E-state index contributed by atoms with van der Waals surface area (Å²) >= 11 is 5.81. The van der Waals surface area contributed by atoms with Gasteiger partial charge in [0.05, 0.1) is 16.8 Å². The molecule has 7 heteroatoms. The van der Waals surface area contributed by atoms with Crippen LogP contribution in [0.1, 0.15) is 5.76 Å². The van der Waals surface area contributed by atoms with Gasteiger partial charge in [-0.2, -0.15) is 5.10 Å². The van der Waals surface area contributed by atoms with Crippen LogP contribution in [0.2, 0.25) is 5.02 Å². The van der Waals surface area contributed by atoms with E-state index in [1.807, 2.05) is 30.3 Å². The van der Waals surface area contributed by atoms with Crippen molar-refractivity contribution < 1.29 is 9.34 Å². The number of hydrogen-bond acceptors (Lipinski definition) is 5. The maximum absolute atomic E-state index is 10.9. The van der Waals surface area contributed by atoms with Gasteiger partial charge in [-0.25, -0.2) is 0 Å². The van der Waals surface area contributed by atoms with E-state index in [4.69, 9.17) is 16.0 Å². The number of nitrogens with one attached hydrogen (secondary N) is 1. The van der Waals surface area contributed by atoms with Crippen LogP contribution in [0, 0.1) is 10.1 Å². The van der Waals surface area contributed by atoms with Crippen LogP contribution in [0.25, 0.3) is 11.3 Å². The van der Waals surface area contributed by atoms with Crippen LogP contribution in [0.15, 0.2) is 70.2 Å². The van der Waals surface area contributed by atoms with Gasteiger partial charge in [-0.15, -0.1) is 0 Å². The van der Waals surface area contributed by atoms with Crippen molar-refractivity contribution in [3.8, 4) is 11.3 Å². The standard InChI is InChI=1S/C17H12ClN3O3/c18-15-8-6-12(10-16(15)21(22)23)17-9-7-14(24-17)11-19-20-13-4-2-1-3-5-13/h1-11,20H. The molecule has 2 aromatic carbocycles. The number of nitro groups is 1. The van der Waals surface area contributed by atoms with E-state index < -0.39 is 4.92 Å². The van der Waals surface area contributed by atoms with Crippen molar-refractivity contribution in [2.75, 3.05) is 5.43 Å². The minimum Gasteiger partial charge on any atom is -0.455 e. The monoisotopic (exact) mass is 341 g/mol. The molecular weight excluding hydrogens is 330 g/mol. The molecule has 0 saturated heterocycles. The van der Waals surface area contributed by atoms with Crippen LogP contribution in [0.5, 0.6) is 0 Å². The van der Waals surface area contributed by atoms with E-state index in [1.54, 1.807) is 18.2 Å². The molecule has 0 unspecified atom stereocenters. The van der Waals surface area contributed by atoms with Crippen LogP contribution >= 0.6 is 11.6 Å². The summed E-state index contributed by atoms with van der Waals surface area (Å²) in [5, 5.41) is 15.1. The molecule has 120 valence electrons. The average Bonchev–Trinajstić information content (AvgIpc) is 3.05. The number of halogens is 1. The van der Waals surface area contributed by atoms with E-state index in [1.165, 1.54) is 18.3 Å². The van der Waals surface area contributed by atoms with Crippen molar-refractivity contribution >= 4 is 29.2 Å². The summed E-state index contributed by atoms with van der Waals surface area (Å²) in [5.41, 5.74) is 4.14. The molecule has 1 N–H and O–H groups in total. The highest BCUT2D eigenvalue weighted by Crippen LogP contribution is 2.30. The number of hydrogen-bond donors (Lipinski definition) is 1. The van der Waals surface area contributed by atoms with Gasteiger partial charge in [0.25, 0.3) is 5.69 Å². The molecule has 0 aliphatic rings. The first-order valence-corrected chi connectivity index (χ1v) is 7.39. The quantitative estimate of drug-likeness (QED) is 0.404. The maximum Gasteiger partial charge on any atom is 0.288 e. The number of hydrazone groups is 1. The zero-order chi connectivity index (χ0) is 16.9. The summed E-state index contributed by atoms with van der Waals surface area (Å²) in [7, 11) is 0. The Morgan fingerprint density at radius 2 is 1.92 bits per heavy atom. The number of para-hydroxylation sites is 1. The number of benzene rings is 2. The van der Waals surface area contributed by atoms with Gasteiger partial charge >= 0.3 is 0 Å². The highest BCUT2D eigenvalue weighted by molar-refractivity contribution is 6.32. The second-order valence-corrected chi connectivity index (χ2v) is 5.27. The Labute approximate surface area is 142 Å². The Hall–Kier alpha value is -3.12. The maximum atomic E-state index is 10.9. The number of nitro benzene ring substituents is 1. The van der Waals surface area contributed by atoms with Crippen molar-refractivity contribution in [3.63, 3.8) is 0 Å². The fraction of sp³-hybridized carbons (Fsp3) is 0. The van der Waals surface area contributed by atoms with Gasteiger partial charge in [-0.3, -0.25) is 15.5 Å². The minimum absolute atomic E-state index is 0.0872. The first-order chi connectivity index (χ1) is 11.6. The lowest BCUT2D eigenvalue weighted by atomic mass is 10.1. The summed E-state index contributed by atoms with van der Waals surface area (Å²) in [6.07, 6.45) is 1.53. The van der Waals surface area contributed by atoms with E-state index in [0.29, 0.717) is 17.1 Å². The van der Waals surface area contributed by atoms with Crippen molar-refractivity contribution in [1.82, 2.24) is 0 Å². The van der Waals surface area contributed by atoms with E-state index in [9.17, 15) is 10.1 Å². The SMILES string of the molecule is O=[N+]([O-])c1cc(-c2ccc(C=NNc3ccccc3)o2)ccc1Cl. The van der Waals surface area contributed by atoms with Crippen LogP contribution in [0.3, 0.4) is 0 Å². The molecule has 24 heavy (non-hydrogen) atoms. The third kappa shape index (κ3) is 3.61. The summed E-state index contributed by atoms with van der Waals surface area (Å²) in [6, 6.07) is 17.5. The molecule has 6 nitrogen and oxygen atoms in total. The molecule has 3 aromatic rings. The van der Waals surface area contributed by atoms with Crippen molar-refractivity contribution in [2.45, 2.75) is 0 Å². The van der Waals surface area contributed by atoms with Crippen LogP contribution in [-0.2, 0) is 0 Å². The molecule has 1 heterocycles. The molecule has 0 aliphatic heterocycles. The van der Waals surface area contributed by atoms with Crippen molar-refractivity contribution in [3.05, 3.63) is 81.6 Å².